The van der Waals surface area contributed by atoms with Crippen LogP contribution in [-0.2, 0) is 16.8 Å². The van der Waals surface area contributed by atoms with Crippen molar-refractivity contribution in [3.8, 4) is 0 Å². The van der Waals surface area contributed by atoms with Crippen LogP contribution in [-0.4, -0.2) is 0 Å². The SMILES string of the molecule is [Co].c1ccc(N(c2ccccc2)c2ccccc2)cc1. The second-order valence-corrected chi connectivity index (χ2v) is 4.34. The molecule has 0 saturated carbocycles. The Bertz CT molecular complexity index is 529. The van der Waals surface area contributed by atoms with E-state index in [9.17, 15) is 0 Å². The molecule has 0 unspecified atom stereocenters. The number of hydrogen-bond acceptors (Lipinski definition) is 1. The van der Waals surface area contributed by atoms with Crippen LogP contribution in [0.2, 0.25) is 0 Å². The monoisotopic (exact) mass is 304 g/mol. The number of rotatable bonds is 3. The average Bonchev–Trinajstić information content (AvgIpc) is 2.51. The molecule has 20 heavy (non-hydrogen) atoms. The van der Waals surface area contributed by atoms with E-state index in [0.29, 0.717) is 0 Å². The zero-order valence-corrected chi connectivity index (χ0v) is 12.0. The molecule has 0 aliphatic carbocycles. The summed E-state index contributed by atoms with van der Waals surface area (Å²) in [4.78, 5) is 2.25. The van der Waals surface area contributed by atoms with E-state index < -0.39 is 0 Å². The number of anilines is 3. The minimum atomic E-state index is 0. The second kappa shape index (κ2) is 6.94. The summed E-state index contributed by atoms with van der Waals surface area (Å²) in [6, 6.07) is 31.3. The Morgan fingerprint density at radius 1 is 0.400 bits per heavy atom. The molecule has 2 heteroatoms. The van der Waals surface area contributed by atoms with E-state index in [1.165, 1.54) is 17.1 Å². The maximum absolute atomic E-state index is 2.25. The van der Waals surface area contributed by atoms with Crippen LogP contribution in [0.3, 0.4) is 0 Å². The van der Waals surface area contributed by atoms with Gasteiger partial charge >= 0.3 is 0 Å². The van der Waals surface area contributed by atoms with Crippen LogP contribution >= 0.6 is 0 Å². The van der Waals surface area contributed by atoms with Gasteiger partial charge in [0.15, 0.2) is 0 Å². The van der Waals surface area contributed by atoms with E-state index in [2.05, 4.69) is 77.7 Å². The van der Waals surface area contributed by atoms with Crippen molar-refractivity contribution in [1.82, 2.24) is 0 Å². The molecule has 3 aromatic carbocycles. The maximum Gasteiger partial charge on any atom is 0.0461 e. The summed E-state index contributed by atoms with van der Waals surface area (Å²) in [5.74, 6) is 0. The molecule has 0 saturated heterocycles. The van der Waals surface area contributed by atoms with Gasteiger partial charge in [-0.1, -0.05) is 54.6 Å². The number of benzene rings is 3. The first-order chi connectivity index (χ1) is 9.45. The molecule has 0 aliphatic heterocycles. The van der Waals surface area contributed by atoms with E-state index in [1.807, 2.05) is 18.2 Å². The van der Waals surface area contributed by atoms with Crippen LogP contribution in [0.15, 0.2) is 91.0 Å². The van der Waals surface area contributed by atoms with Crippen LogP contribution < -0.4 is 4.90 Å². The Kier molecular flexibility index (Phi) is 4.99. The molecule has 1 nitrogen and oxygen atoms in total. The van der Waals surface area contributed by atoms with Gasteiger partial charge in [-0.3, -0.25) is 0 Å². The Morgan fingerprint density at radius 3 is 0.900 bits per heavy atom. The van der Waals surface area contributed by atoms with Crippen LogP contribution in [0, 0.1) is 0 Å². The average molecular weight is 304 g/mol. The maximum atomic E-state index is 2.25. The van der Waals surface area contributed by atoms with Gasteiger partial charge in [-0.25, -0.2) is 0 Å². The zero-order chi connectivity index (χ0) is 12.9. The quantitative estimate of drug-likeness (QED) is 0.646. The molecule has 0 spiro atoms. The summed E-state index contributed by atoms with van der Waals surface area (Å²) in [7, 11) is 0. The predicted octanol–water partition coefficient (Wildman–Crippen LogP) is 5.15. The predicted molar refractivity (Wildman–Crippen MR) is 81.1 cm³/mol. The van der Waals surface area contributed by atoms with Gasteiger partial charge in [0.25, 0.3) is 0 Å². The summed E-state index contributed by atoms with van der Waals surface area (Å²) >= 11 is 0. The largest absolute Gasteiger partial charge is 0.311 e. The van der Waals surface area contributed by atoms with Crippen molar-refractivity contribution in [3.05, 3.63) is 91.0 Å². The molecule has 1 radical (unpaired) electrons. The molecule has 0 bridgehead atoms. The molecule has 3 rings (SSSR count). The fraction of sp³-hybridized carbons (Fsp3) is 0. The summed E-state index contributed by atoms with van der Waals surface area (Å²) in [5, 5.41) is 0. The first kappa shape index (κ1) is 14.4. The zero-order valence-electron chi connectivity index (χ0n) is 10.9. The van der Waals surface area contributed by atoms with E-state index in [-0.39, 0.29) is 16.8 Å². The molecule has 3 aromatic rings. The van der Waals surface area contributed by atoms with Gasteiger partial charge in [0.1, 0.15) is 0 Å². The van der Waals surface area contributed by atoms with Gasteiger partial charge < -0.3 is 4.90 Å². The van der Waals surface area contributed by atoms with Gasteiger partial charge in [-0.2, -0.15) is 0 Å². The third kappa shape index (κ3) is 3.10. The molecular weight excluding hydrogens is 289 g/mol. The van der Waals surface area contributed by atoms with Gasteiger partial charge in [-0.15, -0.1) is 0 Å². The van der Waals surface area contributed by atoms with Crippen LogP contribution in [0.5, 0.6) is 0 Å². The molecule has 0 aliphatic rings. The Balaban J connectivity index is 0.00000147. The number of para-hydroxylation sites is 3. The van der Waals surface area contributed by atoms with E-state index in [1.54, 1.807) is 0 Å². The minimum absolute atomic E-state index is 0. The molecule has 0 N–H and O–H groups in total. The van der Waals surface area contributed by atoms with Gasteiger partial charge in [-0.05, 0) is 36.4 Å². The van der Waals surface area contributed by atoms with Gasteiger partial charge in [0.05, 0.1) is 0 Å². The Hall–Kier alpha value is -2.03. The molecule has 0 fully saturated rings. The van der Waals surface area contributed by atoms with Gasteiger partial charge in [0, 0.05) is 33.8 Å². The molecular formula is C18H15CoN. The minimum Gasteiger partial charge on any atom is -0.311 e. The van der Waals surface area contributed by atoms with Crippen molar-refractivity contribution in [3.63, 3.8) is 0 Å². The van der Waals surface area contributed by atoms with E-state index in [4.69, 9.17) is 0 Å². The molecule has 0 heterocycles. The van der Waals surface area contributed by atoms with Crippen molar-refractivity contribution >= 4 is 17.1 Å². The van der Waals surface area contributed by atoms with E-state index >= 15 is 0 Å². The standard InChI is InChI=1S/C18H15N.Co/c1-4-10-16(11-5-1)19(17-12-6-2-7-13-17)18-14-8-3-9-15-18;/h1-15H;. The van der Waals surface area contributed by atoms with E-state index in [0.717, 1.165) is 0 Å². The van der Waals surface area contributed by atoms with Crippen LogP contribution in [0.25, 0.3) is 0 Å². The topological polar surface area (TPSA) is 3.24 Å². The molecule has 0 aromatic heterocycles. The van der Waals surface area contributed by atoms with Crippen molar-refractivity contribution in [1.29, 1.82) is 0 Å². The molecule has 101 valence electrons. The van der Waals surface area contributed by atoms with Gasteiger partial charge in [0.2, 0.25) is 0 Å². The fourth-order valence-corrected chi connectivity index (χ4v) is 2.18. The molecule has 0 amide bonds. The number of hydrogen-bond donors (Lipinski definition) is 0. The summed E-state index contributed by atoms with van der Waals surface area (Å²) < 4.78 is 0. The summed E-state index contributed by atoms with van der Waals surface area (Å²) in [6.45, 7) is 0. The second-order valence-electron chi connectivity index (χ2n) is 4.34. The summed E-state index contributed by atoms with van der Waals surface area (Å²) in [6.07, 6.45) is 0. The first-order valence-corrected chi connectivity index (χ1v) is 6.40. The van der Waals surface area contributed by atoms with Crippen molar-refractivity contribution in [2.45, 2.75) is 0 Å². The number of nitrogens with zero attached hydrogens (tertiary/aromatic N) is 1. The smallest absolute Gasteiger partial charge is 0.0461 e. The van der Waals surface area contributed by atoms with Crippen LogP contribution in [0.1, 0.15) is 0 Å². The fourth-order valence-electron chi connectivity index (χ4n) is 2.18. The third-order valence-corrected chi connectivity index (χ3v) is 3.04. The van der Waals surface area contributed by atoms with Crippen molar-refractivity contribution < 1.29 is 16.8 Å². The Labute approximate surface area is 130 Å². The molecule has 0 atom stereocenters. The third-order valence-electron chi connectivity index (χ3n) is 3.04. The van der Waals surface area contributed by atoms with Crippen molar-refractivity contribution in [2.24, 2.45) is 0 Å². The van der Waals surface area contributed by atoms with Crippen molar-refractivity contribution in [2.75, 3.05) is 4.90 Å². The Morgan fingerprint density at radius 2 is 0.650 bits per heavy atom. The normalized spacial score (nSPS) is 9.60. The summed E-state index contributed by atoms with van der Waals surface area (Å²) in [5.41, 5.74) is 3.50. The van der Waals surface area contributed by atoms with Crippen LogP contribution in [0.4, 0.5) is 17.1 Å². The first-order valence-electron chi connectivity index (χ1n) is 6.40.